The first-order chi connectivity index (χ1) is 21.6. The number of ether oxygens (including phenoxy) is 3. The molecule has 2 aromatic carbocycles. The molecule has 2 aliphatic rings. The van der Waals surface area contributed by atoms with E-state index < -0.39 is 41.0 Å². The van der Waals surface area contributed by atoms with E-state index in [0.29, 0.717) is 54.5 Å². The van der Waals surface area contributed by atoms with Gasteiger partial charge in [0.05, 0.1) is 6.20 Å². The van der Waals surface area contributed by atoms with Crippen LogP contribution in [0.5, 0.6) is 23.0 Å². The summed E-state index contributed by atoms with van der Waals surface area (Å²) in [6.45, 7) is 4.04. The van der Waals surface area contributed by atoms with Crippen LogP contribution in [-0.4, -0.2) is 59.0 Å². The molecule has 0 saturated carbocycles. The average Bonchev–Trinajstić information content (AvgIpc) is 3.23. The zero-order valence-electron chi connectivity index (χ0n) is 24.6. The summed E-state index contributed by atoms with van der Waals surface area (Å²) in [7, 11) is 0. The maximum Gasteiger partial charge on any atom is 0.430 e. The lowest BCUT2D eigenvalue weighted by Gasteiger charge is -2.33. The Hall–Kier alpha value is -4.53. The van der Waals surface area contributed by atoms with Gasteiger partial charge in [-0.05, 0) is 60.9 Å². The van der Waals surface area contributed by atoms with Crippen LogP contribution >= 0.6 is 0 Å². The number of carbonyl (C=O) groups excluding carboxylic acids is 2. The highest BCUT2D eigenvalue weighted by Crippen LogP contribution is 2.50. The first-order valence-corrected chi connectivity index (χ1v) is 14.2. The minimum Gasteiger partial charge on any atom is -0.486 e. The quantitative estimate of drug-likeness (QED) is 0.218. The molecule has 0 spiro atoms. The summed E-state index contributed by atoms with van der Waals surface area (Å²) in [6, 6.07) is 9.56. The molecule has 2 N–H and O–H groups in total. The summed E-state index contributed by atoms with van der Waals surface area (Å²) in [6.07, 6.45) is -10.1. The van der Waals surface area contributed by atoms with Gasteiger partial charge in [0.15, 0.2) is 11.5 Å². The number of amides is 3. The molecule has 0 bridgehead atoms. The summed E-state index contributed by atoms with van der Waals surface area (Å²) in [5.74, 6) is 0.670. The van der Waals surface area contributed by atoms with Crippen molar-refractivity contribution in [3.8, 4) is 23.0 Å². The van der Waals surface area contributed by atoms with Gasteiger partial charge in [-0.2, -0.15) is 26.3 Å². The van der Waals surface area contributed by atoms with E-state index in [1.54, 1.807) is 38.1 Å². The van der Waals surface area contributed by atoms with E-state index in [1.807, 2.05) is 0 Å². The van der Waals surface area contributed by atoms with Gasteiger partial charge in [-0.15, -0.1) is 0 Å². The molecule has 3 amide bonds. The van der Waals surface area contributed by atoms with Crippen molar-refractivity contribution in [1.29, 1.82) is 0 Å². The van der Waals surface area contributed by atoms with Crippen LogP contribution in [0.4, 0.5) is 31.1 Å². The molecule has 3 heterocycles. The van der Waals surface area contributed by atoms with Crippen molar-refractivity contribution in [3.05, 3.63) is 77.1 Å². The van der Waals surface area contributed by atoms with Gasteiger partial charge < -0.3 is 24.6 Å². The number of imide groups is 1. The first-order valence-electron chi connectivity index (χ1n) is 14.2. The van der Waals surface area contributed by atoms with Gasteiger partial charge in [-0.25, -0.2) is 4.79 Å². The molecular weight excluding hydrogens is 624 g/mol. The minimum atomic E-state index is -6.01. The van der Waals surface area contributed by atoms with E-state index in [2.05, 4.69) is 10.3 Å². The highest BCUT2D eigenvalue weighted by atomic mass is 19.4. The number of rotatable bonds is 9. The number of aromatic nitrogens is 1. The van der Waals surface area contributed by atoms with Crippen molar-refractivity contribution in [2.45, 2.75) is 56.6 Å². The molecule has 15 heteroatoms. The molecule has 1 saturated heterocycles. The molecule has 1 fully saturated rings. The Labute approximate surface area is 259 Å². The number of pyridine rings is 1. The van der Waals surface area contributed by atoms with Crippen LogP contribution in [0, 0.1) is 0 Å². The Bertz CT molecular complexity index is 1610. The second-order valence-electron chi connectivity index (χ2n) is 11.0. The zero-order valence-corrected chi connectivity index (χ0v) is 24.6. The number of halogens is 6. The molecular formula is C31H29F6N3O6. The fourth-order valence-electron chi connectivity index (χ4n) is 5.28. The van der Waals surface area contributed by atoms with Gasteiger partial charge in [-0.3, -0.25) is 14.7 Å². The first kappa shape index (κ1) is 32.9. The van der Waals surface area contributed by atoms with Gasteiger partial charge >= 0.3 is 18.4 Å². The van der Waals surface area contributed by atoms with Gasteiger partial charge in [-0.1, -0.05) is 25.5 Å². The number of aryl methyl sites for hydroxylation is 1. The molecule has 2 aliphatic heterocycles. The standard InChI is InChI=1S/C31H29F6N3O6/c1-3-4-18-15-20(29(43,30(32,33)34)31(35,36)37)6-9-23(18)46-22-8-7-21(38-17-22)11-12-40-26(41)28(2,39-27(40)42)19-5-10-24-25(16-19)45-14-13-44-24/h5-10,15-17,43H,3-4,11-14H2,1-2H3,(H,39,42). The van der Waals surface area contributed by atoms with Gasteiger partial charge in [0.2, 0.25) is 0 Å². The molecule has 1 atom stereocenters. The van der Waals surface area contributed by atoms with E-state index in [1.165, 1.54) is 12.3 Å². The highest BCUT2D eigenvalue weighted by Gasteiger charge is 2.71. The SMILES string of the molecule is CCCc1cc(C(O)(C(F)(F)F)C(F)(F)F)ccc1Oc1ccc(CCN2C(=O)NC(C)(c3ccc4c(c3)OCCO4)C2=O)nc1. The largest absolute Gasteiger partial charge is 0.486 e. The summed E-state index contributed by atoms with van der Waals surface area (Å²) in [5.41, 5.74) is -6.74. The fourth-order valence-corrected chi connectivity index (χ4v) is 5.28. The predicted octanol–water partition coefficient (Wildman–Crippen LogP) is 5.92. The Morgan fingerprint density at radius 3 is 2.28 bits per heavy atom. The Morgan fingerprint density at radius 1 is 0.957 bits per heavy atom. The van der Waals surface area contributed by atoms with Crippen LogP contribution in [0.3, 0.4) is 0 Å². The lowest BCUT2D eigenvalue weighted by atomic mass is 9.90. The van der Waals surface area contributed by atoms with Crippen LogP contribution in [0.25, 0.3) is 0 Å². The number of urea groups is 1. The second kappa shape index (κ2) is 12.0. The maximum absolute atomic E-state index is 13.4. The molecule has 0 aliphatic carbocycles. The molecule has 1 unspecified atom stereocenters. The number of hydrogen-bond acceptors (Lipinski definition) is 7. The summed E-state index contributed by atoms with van der Waals surface area (Å²) in [5, 5.41) is 12.5. The van der Waals surface area contributed by atoms with Crippen LogP contribution in [0.2, 0.25) is 0 Å². The van der Waals surface area contributed by atoms with Crippen LogP contribution in [0.1, 0.15) is 42.7 Å². The third-order valence-corrected chi connectivity index (χ3v) is 7.83. The summed E-state index contributed by atoms with van der Waals surface area (Å²) < 4.78 is 97.3. The summed E-state index contributed by atoms with van der Waals surface area (Å²) in [4.78, 5) is 31.5. The van der Waals surface area contributed by atoms with Crippen molar-refractivity contribution in [1.82, 2.24) is 15.2 Å². The topological polar surface area (TPSA) is 110 Å². The van der Waals surface area contributed by atoms with Crippen molar-refractivity contribution in [2.75, 3.05) is 19.8 Å². The molecule has 46 heavy (non-hydrogen) atoms. The van der Waals surface area contributed by atoms with E-state index >= 15 is 0 Å². The van der Waals surface area contributed by atoms with Gasteiger partial charge in [0.1, 0.15) is 30.3 Å². The number of alkyl halides is 6. The lowest BCUT2D eigenvalue weighted by Crippen LogP contribution is -2.53. The monoisotopic (exact) mass is 653 g/mol. The number of hydrogen-bond donors (Lipinski definition) is 2. The molecule has 246 valence electrons. The third kappa shape index (κ3) is 5.90. The maximum atomic E-state index is 13.4. The molecule has 5 rings (SSSR count). The van der Waals surface area contributed by atoms with Crippen molar-refractivity contribution in [2.24, 2.45) is 0 Å². The van der Waals surface area contributed by atoms with E-state index in [4.69, 9.17) is 14.2 Å². The fraction of sp³-hybridized carbons (Fsp3) is 0.387. The number of nitrogens with zero attached hydrogens (tertiary/aromatic N) is 2. The van der Waals surface area contributed by atoms with Crippen molar-refractivity contribution < 1.29 is 55.2 Å². The van der Waals surface area contributed by atoms with Gasteiger partial charge in [0, 0.05) is 24.2 Å². The van der Waals surface area contributed by atoms with Crippen LogP contribution < -0.4 is 19.5 Å². The molecule has 1 aromatic heterocycles. The normalized spacial score (nSPS) is 18.5. The minimum absolute atomic E-state index is 0.00143. The Balaban J connectivity index is 1.27. The number of nitrogens with one attached hydrogen (secondary N) is 1. The second-order valence-corrected chi connectivity index (χ2v) is 11.0. The average molecular weight is 654 g/mol. The van der Waals surface area contributed by atoms with Gasteiger partial charge in [0.25, 0.3) is 11.5 Å². The van der Waals surface area contributed by atoms with Crippen LogP contribution in [-0.2, 0) is 28.8 Å². The Kier molecular flexibility index (Phi) is 8.57. The number of fused-ring (bicyclic) bond motifs is 1. The zero-order chi connectivity index (χ0) is 33.5. The number of carbonyl (C=O) groups is 2. The number of benzene rings is 2. The smallest absolute Gasteiger partial charge is 0.430 e. The molecule has 0 radical (unpaired) electrons. The number of aliphatic hydroxyl groups is 1. The molecule has 3 aromatic rings. The predicted molar refractivity (Wildman–Crippen MR) is 149 cm³/mol. The van der Waals surface area contributed by atoms with E-state index in [-0.39, 0.29) is 36.4 Å². The molecule has 9 nitrogen and oxygen atoms in total. The van der Waals surface area contributed by atoms with Crippen LogP contribution in [0.15, 0.2) is 54.7 Å². The Morgan fingerprint density at radius 2 is 1.65 bits per heavy atom. The lowest BCUT2D eigenvalue weighted by molar-refractivity contribution is -0.376. The van der Waals surface area contributed by atoms with Crippen molar-refractivity contribution in [3.63, 3.8) is 0 Å². The summed E-state index contributed by atoms with van der Waals surface area (Å²) >= 11 is 0. The highest BCUT2D eigenvalue weighted by molar-refractivity contribution is 6.07. The van der Waals surface area contributed by atoms with Crippen molar-refractivity contribution >= 4 is 11.9 Å². The third-order valence-electron chi connectivity index (χ3n) is 7.83. The van der Waals surface area contributed by atoms with E-state index in [0.717, 1.165) is 11.0 Å². The van der Waals surface area contributed by atoms with E-state index in [9.17, 15) is 41.0 Å².